The molecule has 2 N–H and O–H groups in total. The van der Waals surface area contributed by atoms with Crippen molar-refractivity contribution >= 4 is 11.7 Å². The summed E-state index contributed by atoms with van der Waals surface area (Å²) in [7, 11) is 0. The van der Waals surface area contributed by atoms with E-state index in [1.54, 1.807) is 6.92 Å². The van der Waals surface area contributed by atoms with Crippen molar-refractivity contribution in [1.29, 1.82) is 0 Å². The molecule has 0 saturated carbocycles. The molecule has 100 valence electrons. The fourth-order valence-corrected chi connectivity index (χ4v) is 1.62. The smallest absolute Gasteiger partial charge is 0.371 e. The summed E-state index contributed by atoms with van der Waals surface area (Å²) in [5.41, 5.74) is 0.736. The van der Waals surface area contributed by atoms with Crippen LogP contribution in [0.5, 0.6) is 0 Å². The largest absolute Gasteiger partial charge is 0.475 e. The molecule has 1 heterocycles. The molecule has 0 aliphatic heterocycles. The summed E-state index contributed by atoms with van der Waals surface area (Å²) in [6.07, 6.45) is 0. The molecular weight excluding hydrogens is 256 g/mol. The third-order valence-electron chi connectivity index (χ3n) is 2.63. The Bertz CT molecular complexity index is 622. The Kier molecular flexibility index (Phi) is 3.50. The standard InChI is InChI=1S/C13H11F2NO3/c1-7-8(4-12(19-7)13(17)18)6-16-11-3-2-9(14)5-10(11)15/h2-5,16H,6H2,1H3,(H,17,18). The van der Waals surface area contributed by atoms with Crippen molar-refractivity contribution in [2.75, 3.05) is 5.32 Å². The molecule has 19 heavy (non-hydrogen) atoms. The van der Waals surface area contributed by atoms with Crippen molar-refractivity contribution in [3.05, 3.63) is 53.0 Å². The summed E-state index contributed by atoms with van der Waals surface area (Å²) in [6.45, 7) is 1.80. The Morgan fingerprint density at radius 3 is 2.68 bits per heavy atom. The molecule has 1 aromatic heterocycles. The maximum absolute atomic E-state index is 13.4. The van der Waals surface area contributed by atoms with Crippen molar-refractivity contribution in [3.63, 3.8) is 0 Å². The summed E-state index contributed by atoms with van der Waals surface area (Å²) in [5, 5.41) is 11.5. The van der Waals surface area contributed by atoms with Crippen LogP contribution in [0, 0.1) is 18.6 Å². The highest BCUT2D eigenvalue weighted by atomic mass is 19.1. The zero-order chi connectivity index (χ0) is 14.0. The van der Waals surface area contributed by atoms with Gasteiger partial charge in [0.15, 0.2) is 0 Å². The molecular formula is C13H11F2NO3. The van der Waals surface area contributed by atoms with Gasteiger partial charge < -0.3 is 14.8 Å². The Hall–Kier alpha value is -2.37. The van der Waals surface area contributed by atoms with E-state index < -0.39 is 17.6 Å². The normalized spacial score (nSPS) is 10.5. The first-order valence-electron chi connectivity index (χ1n) is 5.49. The molecule has 1 aromatic carbocycles. The Balaban J connectivity index is 2.12. The van der Waals surface area contributed by atoms with Crippen LogP contribution in [0.25, 0.3) is 0 Å². The number of anilines is 1. The molecule has 0 amide bonds. The molecule has 0 spiro atoms. The first kappa shape index (κ1) is 13.1. The lowest BCUT2D eigenvalue weighted by Gasteiger charge is -2.06. The van der Waals surface area contributed by atoms with Gasteiger partial charge in [-0.15, -0.1) is 0 Å². The molecule has 6 heteroatoms. The number of aryl methyl sites for hydroxylation is 1. The number of benzene rings is 1. The Morgan fingerprint density at radius 1 is 1.37 bits per heavy atom. The number of rotatable bonds is 4. The molecule has 0 aliphatic rings. The lowest BCUT2D eigenvalue weighted by molar-refractivity contribution is 0.0661. The van der Waals surface area contributed by atoms with Gasteiger partial charge in [0.25, 0.3) is 0 Å². The van der Waals surface area contributed by atoms with Gasteiger partial charge in [-0.1, -0.05) is 0 Å². The molecule has 2 aromatic rings. The zero-order valence-corrected chi connectivity index (χ0v) is 10.0. The maximum Gasteiger partial charge on any atom is 0.371 e. The van der Waals surface area contributed by atoms with Crippen LogP contribution in [0.2, 0.25) is 0 Å². The van der Waals surface area contributed by atoms with Crippen LogP contribution in [0.4, 0.5) is 14.5 Å². The molecule has 4 nitrogen and oxygen atoms in total. The Labute approximate surface area is 107 Å². The number of carboxylic acid groups (broad SMARTS) is 1. The first-order valence-corrected chi connectivity index (χ1v) is 5.49. The molecule has 0 unspecified atom stereocenters. The lowest BCUT2D eigenvalue weighted by Crippen LogP contribution is -2.02. The lowest BCUT2D eigenvalue weighted by atomic mass is 10.2. The molecule has 0 atom stereocenters. The van der Waals surface area contributed by atoms with Crippen LogP contribution in [0.3, 0.4) is 0 Å². The van der Waals surface area contributed by atoms with E-state index in [0.717, 1.165) is 12.1 Å². The van der Waals surface area contributed by atoms with Crippen LogP contribution < -0.4 is 5.32 Å². The van der Waals surface area contributed by atoms with E-state index in [0.29, 0.717) is 11.3 Å². The number of hydrogen-bond acceptors (Lipinski definition) is 3. The molecule has 2 rings (SSSR count). The third kappa shape index (κ3) is 2.90. The molecule has 0 fully saturated rings. The highest BCUT2D eigenvalue weighted by Gasteiger charge is 2.13. The number of nitrogens with one attached hydrogen (secondary N) is 1. The first-order chi connectivity index (χ1) is 8.97. The van der Waals surface area contributed by atoms with Crippen LogP contribution in [0.1, 0.15) is 21.9 Å². The van der Waals surface area contributed by atoms with Gasteiger partial charge >= 0.3 is 5.97 Å². The number of hydrogen-bond donors (Lipinski definition) is 2. The van der Waals surface area contributed by atoms with Crippen molar-refractivity contribution < 1.29 is 23.1 Å². The fourth-order valence-electron chi connectivity index (χ4n) is 1.62. The summed E-state index contributed by atoms with van der Waals surface area (Å²) in [6, 6.07) is 4.55. The molecule has 0 saturated heterocycles. The summed E-state index contributed by atoms with van der Waals surface area (Å²) >= 11 is 0. The average molecular weight is 267 g/mol. The minimum Gasteiger partial charge on any atom is -0.475 e. The van der Waals surface area contributed by atoms with Crippen LogP contribution in [0.15, 0.2) is 28.7 Å². The van der Waals surface area contributed by atoms with Crippen molar-refractivity contribution in [1.82, 2.24) is 0 Å². The molecule has 0 radical (unpaired) electrons. The van der Waals surface area contributed by atoms with Gasteiger partial charge in [-0.2, -0.15) is 0 Å². The second-order valence-corrected chi connectivity index (χ2v) is 3.97. The van der Waals surface area contributed by atoms with Crippen LogP contribution in [-0.2, 0) is 6.54 Å². The van der Waals surface area contributed by atoms with Crippen molar-refractivity contribution in [2.24, 2.45) is 0 Å². The van der Waals surface area contributed by atoms with E-state index >= 15 is 0 Å². The van der Waals surface area contributed by atoms with Gasteiger partial charge in [0.1, 0.15) is 17.4 Å². The van der Waals surface area contributed by atoms with Gasteiger partial charge in [-0.3, -0.25) is 0 Å². The number of aromatic carboxylic acids is 1. The molecule has 0 bridgehead atoms. The minimum absolute atomic E-state index is 0.138. The van der Waals surface area contributed by atoms with E-state index in [-0.39, 0.29) is 18.0 Å². The van der Waals surface area contributed by atoms with Gasteiger partial charge in [0, 0.05) is 18.2 Å². The van der Waals surface area contributed by atoms with Crippen molar-refractivity contribution in [3.8, 4) is 0 Å². The van der Waals surface area contributed by atoms with Gasteiger partial charge in [0.05, 0.1) is 5.69 Å². The molecule has 0 aliphatic carbocycles. The van der Waals surface area contributed by atoms with E-state index in [4.69, 9.17) is 9.52 Å². The average Bonchev–Trinajstić information content (AvgIpc) is 2.70. The predicted octanol–water partition coefficient (Wildman–Crippen LogP) is 3.18. The number of carboxylic acids is 1. The number of halogens is 2. The van der Waals surface area contributed by atoms with Crippen LogP contribution >= 0.6 is 0 Å². The summed E-state index contributed by atoms with van der Waals surface area (Å²) in [5.74, 6) is -2.26. The topological polar surface area (TPSA) is 62.5 Å². The highest BCUT2D eigenvalue weighted by Crippen LogP contribution is 2.19. The van der Waals surface area contributed by atoms with Crippen molar-refractivity contribution in [2.45, 2.75) is 13.5 Å². The highest BCUT2D eigenvalue weighted by molar-refractivity contribution is 5.84. The van der Waals surface area contributed by atoms with E-state index in [1.165, 1.54) is 12.1 Å². The van der Waals surface area contributed by atoms with Gasteiger partial charge in [-0.25, -0.2) is 13.6 Å². The minimum atomic E-state index is -1.16. The number of furan rings is 1. The third-order valence-corrected chi connectivity index (χ3v) is 2.63. The Morgan fingerprint density at radius 2 is 2.11 bits per heavy atom. The number of carbonyl (C=O) groups is 1. The second-order valence-electron chi connectivity index (χ2n) is 3.97. The second kappa shape index (κ2) is 5.09. The maximum atomic E-state index is 13.4. The summed E-state index contributed by atoms with van der Waals surface area (Å²) in [4.78, 5) is 10.7. The van der Waals surface area contributed by atoms with Gasteiger partial charge in [-0.05, 0) is 25.1 Å². The van der Waals surface area contributed by atoms with Gasteiger partial charge in [0.2, 0.25) is 5.76 Å². The SMILES string of the molecule is Cc1oc(C(=O)O)cc1CNc1ccc(F)cc1F. The monoisotopic (exact) mass is 267 g/mol. The summed E-state index contributed by atoms with van der Waals surface area (Å²) < 4.78 is 31.1. The van der Waals surface area contributed by atoms with Crippen LogP contribution in [-0.4, -0.2) is 11.1 Å². The quantitative estimate of drug-likeness (QED) is 0.893. The fraction of sp³-hybridized carbons (Fsp3) is 0.154. The van der Waals surface area contributed by atoms with E-state index in [1.807, 2.05) is 0 Å². The van der Waals surface area contributed by atoms with E-state index in [2.05, 4.69) is 5.32 Å². The predicted molar refractivity (Wildman–Crippen MR) is 64.1 cm³/mol. The van der Waals surface area contributed by atoms with E-state index in [9.17, 15) is 13.6 Å². The zero-order valence-electron chi connectivity index (χ0n) is 10.0.